The van der Waals surface area contributed by atoms with Gasteiger partial charge in [-0.05, 0) is 18.8 Å². The van der Waals surface area contributed by atoms with Gasteiger partial charge in [-0.2, -0.15) is 0 Å². The molecule has 1 fully saturated rings. The van der Waals surface area contributed by atoms with Gasteiger partial charge in [-0.3, -0.25) is 9.36 Å². The number of nitrogens with zero attached hydrogens (tertiary/aromatic N) is 1. The zero-order valence-electron chi connectivity index (χ0n) is 10.3. The van der Waals surface area contributed by atoms with Crippen LogP contribution in [0.3, 0.4) is 0 Å². The Kier molecular flexibility index (Phi) is 3.41. The highest BCUT2D eigenvalue weighted by molar-refractivity contribution is 5.86. The highest BCUT2D eigenvalue weighted by Gasteiger charge is 2.27. The molecule has 2 N–H and O–H groups in total. The molecule has 1 aliphatic rings. The summed E-state index contributed by atoms with van der Waals surface area (Å²) < 4.78 is 1.33. The topological polar surface area (TPSA) is 79.5 Å². The lowest BCUT2D eigenvalue weighted by atomic mass is 9.85. The van der Waals surface area contributed by atoms with E-state index < -0.39 is 11.5 Å². The Bertz CT molecular complexity index is 520. The summed E-state index contributed by atoms with van der Waals surface area (Å²) in [7, 11) is 0. The van der Waals surface area contributed by atoms with Crippen molar-refractivity contribution in [3.8, 4) is 5.75 Å². The monoisotopic (exact) mass is 251 g/mol. The average Bonchev–Trinajstić information content (AvgIpc) is 2.29. The first-order valence-corrected chi connectivity index (χ1v) is 6.19. The zero-order chi connectivity index (χ0) is 13.3. The van der Waals surface area contributed by atoms with Gasteiger partial charge in [-0.15, -0.1) is 0 Å². The van der Waals surface area contributed by atoms with Crippen molar-refractivity contribution >= 4 is 5.97 Å². The smallest absolute Gasteiger partial charge is 0.352 e. The lowest BCUT2D eigenvalue weighted by molar-refractivity contribution is 0.0674. The Morgan fingerprint density at radius 1 is 1.33 bits per heavy atom. The minimum absolute atomic E-state index is 0.0852. The van der Waals surface area contributed by atoms with Crippen LogP contribution in [0.1, 0.15) is 49.1 Å². The molecule has 1 aromatic rings. The number of carboxylic acids is 1. The summed E-state index contributed by atoms with van der Waals surface area (Å²) in [6.45, 7) is 2.04. The van der Waals surface area contributed by atoms with Crippen LogP contribution in [0.4, 0.5) is 0 Å². The molecular formula is C13H17NO4. The van der Waals surface area contributed by atoms with Gasteiger partial charge in [0.1, 0.15) is 11.4 Å². The van der Waals surface area contributed by atoms with Crippen molar-refractivity contribution in [3.63, 3.8) is 0 Å². The summed E-state index contributed by atoms with van der Waals surface area (Å²) in [6, 6.07) is 2.14. The lowest BCUT2D eigenvalue weighted by Gasteiger charge is -2.31. The number of carbonyl (C=O) groups is 1. The molecule has 2 rings (SSSR count). The van der Waals surface area contributed by atoms with Crippen molar-refractivity contribution in [3.05, 3.63) is 28.2 Å². The maximum atomic E-state index is 11.9. The van der Waals surface area contributed by atoms with Crippen LogP contribution in [0.15, 0.2) is 16.9 Å². The fraction of sp³-hybridized carbons (Fsp3) is 0.538. The fourth-order valence-corrected chi connectivity index (χ4v) is 2.75. The molecule has 0 aliphatic heterocycles. The average molecular weight is 251 g/mol. The number of hydrogen-bond acceptors (Lipinski definition) is 3. The Labute approximate surface area is 105 Å². The van der Waals surface area contributed by atoms with Gasteiger partial charge in [0.25, 0.3) is 5.56 Å². The van der Waals surface area contributed by atoms with Gasteiger partial charge in [0.05, 0.1) is 0 Å². The van der Waals surface area contributed by atoms with Crippen molar-refractivity contribution in [1.82, 2.24) is 4.57 Å². The van der Waals surface area contributed by atoms with Crippen LogP contribution in [0, 0.1) is 5.92 Å². The standard InChI is InChI=1S/C13H17NO4/c1-8-4-2-3-5-10(8)14-11(13(17)18)6-9(15)7-12(14)16/h6-8,10,15H,2-5H2,1H3,(H,17,18). The molecule has 2 atom stereocenters. The summed E-state index contributed by atoms with van der Waals surface area (Å²) in [6.07, 6.45) is 3.93. The quantitative estimate of drug-likeness (QED) is 0.842. The van der Waals surface area contributed by atoms with E-state index in [0.29, 0.717) is 0 Å². The molecule has 0 amide bonds. The Hall–Kier alpha value is -1.78. The lowest BCUT2D eigenvalue weighted by Crippen LogP contribution is -2.33. The van der Waals surface area contributed by atoms with Crippen molar-refractivity contribution in [2.24, 2.45) is 5.92 Å². The first-order chi connectivity index (χ1) is 8.50. The molecule has 1 aliphatic carbocycles. The van der Waals surface area contributed by atoms with Crippen molar-refractivity contribution in [2.75, 3.05) is 0 Å². The van der Waals surface area contributed by atoms with Crippen LogP contribution in [0.2, 0.25) is 0 Å². The molecule has 18 heavy (non-hydrogen) atoms. The first-order valence-electron chi connectivity index (χ1n) is 6.19. The van der Waals surface area contributed by atoms with Crippen LogP contribution in [-0.2, 0) is 0 Å². The zero-order valence-corrected chi connectivity index (χ0v) is 10.3. The normalized spacial score (nSPS) is 23.8. The number of aromatic nitrogens is 1. The molecule has 0 spiro atoms. The van der Waals surface area contributed by atoms with Crippen LogP contribution >= 0.6 is 0 Å². The Balaban J connectivity index is 2.54. The third-order valence-corrected chi connectivity index (χ3v) is 3.67. The van der Waals surface area contributed by atoms with Crippen molar-refractivity contribution in [1.29, 1.82) is 0 Å². The minimum atomic E-state index is -1.18. The Morgan fingerprint density at radius 2 is 2.00 bits per heavy atom. The van der Waals surface area contributed by atoms with Crippen LogP contribution in [0.5, 0.6) is 5.75 Å². The second-order valence-corrected chi connectivity index (χ2v) is 4.94. The molecular weight excluding hydrogens is 234 g/mol. The van der Waals surface area contributed by atoms with E-state index in [1.807, 2.05) is 6.92 Å². The molecule has 1 heterocycles. The second-order valence-electron chi connectivity index (χ2n) is 4.94. The molecule has 0 bridgehead atoms. The third-order valence-electron chi connectivity index (χ3n) is 3.67. The molecule has 0 saturated heterocycles. The van der Waals surface area contributed by atoms with E-state index in [2.05, 4.69) is 0 Å². The van der Waals surface area contributed by atoms with Gasteiger partial charge in [0.2, 0.25) is 0 Å². The summed E-state index contributed by atoms with van der Waals surface area (Å²) in [5, 5.41) is 18.5. The van der Waals surface area contributed by atoms with E-state index in [4.69, 9.17) is 5.11 Å². The van der Waals surface area contributed by atoms with Crippen molar-refractivity contribution < 1.29 is 15.0 Å². The summed E-state index contributed by atoms with van der Waals surface area (Å²) >= 11 is 0. The van der Waals surface area contributed by atoms with Gasteiger partial charge < -0.3 is 10.2 Å². The molecule has 0 radical (unpaired) electrons. The number of carboxylic acid groups (broad SMARTS) is 1. The molecule has 5 heteroatoms. The van der Waals surface area contributed by atoms with E-state index >= 15 is 0 Å². The van der Waals surface area contributed by atoms with Crippen molar-refractivity contribution in [2.45, 2.75) is 38.6 Å². The number of pyridine rings is 1. The van der Waals surface area contributed by atoms with E-state index in [1.165, 1.54) is 4.57 Å². The molecule has 1 saturated carbocycles. The summed E-state index contributed by atoms with van der Waals surface area (Å²) in [5.41, 5.74) is -0.565. The minimum Gasteiger partial charge on any atom is -0.508 e. The van der Waals surface area contributed by atoms with Crippen LogP contribution in [0.25, 0.3) is 0 Å². The number of hydrogen-bond donors (Lipinski definition) is 2. The number of aromatic hydroxyl groups is 1. The number of aromatic carboxylic acids is 1. The highest BCUT2D eigenvalue weighted by Crippen LogP contribution is 2.33. The molecule has 98 valence electrons. The third kappa shape index (κ3) is 2.25. The van der Waals surface area contributed by atoms with E-state index in [1.54, 1.807) is 0 Å². The molecule has 5 nitrogen and oxygen atoms in total. The van der Waals surface area contributed by atoms with Crippen LogP contribution in [-0.4, -0.2) is 20.7 Å². The highest BCUT2D eigenvalue weighted by atomic mass is 16.4. The first kappa shape index (κ1) is 12.7. The second kappa shape index (κ2) is 4.84. The largest absolute Gasteiger partial charge is 0.508 e. The maximum Gasteiger partial charge on any atom is 0.352 e. The SMILES string of the molecule is CC1CCCCC1n1c(C(=O)O)cc(O)cc1=O. The fourth-order valence-electron chi connectivity index (χ4n) is 2.75. The van der Waals surface area contributed by atoms with Gasteiger partial charge in [-0.25, -0.2) is 4.79 Å². The summed E-state index contributed by atoms with van der Waals surface area (Å²) in [5.74, 6) is -1.20. The van der Waals surface area contributed by atoms with Gasteiger partial charge in [0.15, 0.2) is 0 Å². The molecule has 2 unspecified atom stereocenters. The Morgan fingerprint density at radius 3 is 2.61 bits per heavy atom. The predicted octanol–water partition coefficient (Wildman–Crippen LogP) is 2.00. The van der Waals surface area contributed by atoms with Gasteiger partial charge >= 0.3 is 5.97 Å². The van der Waals surface area contributed by atoms with Gasteiger partial charge in [-0.1, -0.05) is 19.8 Å². The van der Waals surface area contributed by atoms with E-state index in [0.717, 1.165) is 37.8 Å². The van der Waals surface area contributed by atoms with Gasteiger partial charge in [0, 0.05) is 18.2 Å². The maximum absolute atomic E-state index is 11.9. The molecule has 1 aromatic heterocycles. The van der Waals surface area contributed by atoms with Crippen LogP contribution < -0.4 is 5.56 Å². The predicted molar refractivity (Wildman–Crippen MR) is 66.0 cm³/mol. The van der Waals surface area contributed by atoms with E-state index in [-0.39, 0.29) is 23.4 Å². The molecule has 0 aromatic carbocycles. The van der Waals surface area contributed by atoms with E-state index in [9.17, 15) is 14.7 Å². The summed E-state index contributed by atoms with van der Waals surface area (Å²) in [4.78, 5) is 23.2. The number of rotatable bonds is 2.